The van der Waals surface area contributed by atoms with E-state index in [9.17, 15) is 37.5 Å². The Balaban J connectivity index is 0.000000300. The summed E-state index contributed by atoms with van der Waals surface area (Å²) in [5.74, 6) is 0.876. The van der Waals surface area contributed by atoms with Crippen LogP contribution < -0.4 is 14.4 Å². The number of carbonyl (C=O) groups is 3. The Morgan fingerprint density at radius 1 is 0.758 bits per heavy atom. The highest BCUT2D eigenvalue weighted by atomic mass is 79.9. The van der Waals surface area contributed by atoms with E-state index in [4.69, 9.17) is 46.6 Å². The van der Waals surface area contributed by atoms with Crippen LogP contribution in [0.5, 0.6) is 23.0 Å². The number of halogens is 5. The first-order chi connectivity index (χ1) is 31.4. The third-order valence-electron chi connectivity index (χ3n) is 9.40. The van der Waals surface area contributed by atoms with Crippen molar-refractivity contribution < 1.29 is 60.9 Å². The largest absolute Gasteiger partial charge is 0.465 e. The smallest absolute Gasteiger partial charge is 0.399 e. The molecule has 0 aliphatic carbocycles. The molecule has 7 aromatic rings. The standard InChI is InChI=1S/C31H22BrCl2F2N2O7P.C16H14O4/c1-43-29(39)22-7-2-3-8-27(22)44-21-6-4-5-19(14-21)28-16-37-30(45-28)38(20-10-12-25(33)26(34)15-20)17-18-9-11-23(24(32)13-18)31(35,36)46(40,41)42;1-11(17)12-6-5-7-13(10-12)20-15-9-4-3-8-14(15)16(18)19-2/h2-16H,17H2,1H3,(H2,40,41,42);3-10H,1-2H3. The summed E-state index contributed by atoms with van der Waals surface area (Å²) in [7, 11) is -3.19. The Hall–Kier alpha value is -6.39. The van der Waals surface area contributed by atoms with Gasteiger partial charge in [0.1, 0.15) is 34.1 Å². The molecule has 0 fully saturated rings. The molecule has 0 saturated carbocycles. The number of hydrogen-bond donors (Lipinski definition) is 2. The fourth-order valence-corrected chi connectivity index (χ4v) is 7.73. The number of ketones is 1. The number of aromatic nitrogens is 1. The van der Waals surface area contributed by atoms with Gasteiger partial charge in [-0.3, -0.25) is 14.3 Å². The first-order valence-electron chi connectivity index (χ1n) is 19.2. The van der Waals surface area contributed by atoms with Crippen LogP contribution in [0.3, 0.4) is 0 Å². The zero-order valence-electron chi connectivity index (χ0n) is 34.8. The minimum absolute atomic E-state index is 0.0196. The number of Topliss-reactive ketones (excluding diaryl/α,β-unsaturated/α-hetero) is 1. The number of anilines is 2. The predicted octanol–water partition coefficient (Wildman–Crippen LogP) is 13.0. The lowest BCUT2D eigenvalue weighted by molar-refractivity contribution is 0.0557. The van der Waals surface area contributed by atoms with Crippen LogP contribution in [-0.4, -0.2) is 46.7 Å². The average molecular weight is 1020 g/mol. The maximum Gasteiger partial charge on any atom is 0.399 e. The van der Waals surface area contributed by atoms with E-state index in [1.165, 1.54) is 39.5 Å². The zero-order chi connectivity index (χ0) is 47.8. The van der Waals surface area contributed by atoms with Crippen LogP contribution in [0.25, 0.3) is 11.3 Å². The molecule has 0 saturated heterocycles. The van der Waals surface area contributed by atoms with Gasteiger partial charge < -0.3 is 33.2 Å². The molecule has 0 bridgehead atoms. The van der Waals surface area contributed by atoms with Gasteiger partial charge in [-0.1, -0.05) is 99.8 Å². The number of alkyl halides is 2. The SMILES string of the molecule is COC(=O)c1ccccc1Oc1cccc(-c2cnc(N(Cc3ccc(C(F)(F)P(=O)(O)O)c(Br)c3)c3ccc(Cl)c(Cl)c3)o2)c1.COC(=O)c1ccccc1Oc1cccc(C(C)=O)c1. The minimum Gasteiger partial charge on any atom is -0.465 e. The molecular formula is C47H36BrCl2F2N2O11P. The summed E-state index contributed by atoms with van der Waals surface area (Å²) in [5.41, 5.74) is -2.57. The van der Waals surface area contributed by atoms with E-state index in [-0.39, 0.29) is 33.4 Å². The molecule has 13 nitrogen and oxygen atoms in total. The molecule has 0 aliphatic heterocycles. The summed E-state index contributed by atoms with van der Waals surface area (Å²) in [4.78, 5) is 59.6. The normalized spacial score (nSPS) is 11.2. The van der Waals surface area contributed by atoms with Crippen LogP contribution in [-0.2, 0) is 26.2 Å². The van der Waals surface area contributed by atoms with Crippen molar-refractivity contribution in [2.24, 2.45) is 0 Å². The summed E-state index contributed by atoms with van der Waals surface area (Å²) in [6, 6.07) is 35.6. The van der Waals surface area contributed by atoms with Crippen molar-refractivity contribution in [3.63, 3.8) is 0 Å². The summed E-state index contributed by atoms with van der Waals surface area (Å²) >= 11 is 15.5. The number of nitrogens with zero attached hydrogens (tertiary/aromatic N) is 2. The van der Waals surface area contributed by atoms with Crippen molar-refractivity contribution in [3.05, 3.63) is 182 Å². The molecule has 66 heavy (non-hydrogen) atoms. The van der Waals surface area contributed by atoms with Gasteiger partial charge in [0.05, 0.1) is 37.0 Å². The number of benzene rings is 6. The molecule has 340 valence electrons. The van der Waals surface area contributed by atoms with Crippen LogP contribution in [0.15, 0.2) is 149 Å². The van der Waals surface area contributed by atoms with Crippen LogP contribution in [0.4, 0.5) is 20.5 Å². The van der Waals surface area contributed by atoms with Crippen LogP contribution in [0.2, 0.25) is 10.0 Å². The van der Waals surface area contributed by atoms with Crippen LogP contribution in [0.1, 0.15) is 49.1 Å². The van der Waals surface area contributed by atoms with Gasteiger partial charge in [-0.15, -0.1) is 0 Å². The molecule has 2 N–H and O–H groups in total. The van der Waals surface area contributed by atoms with E-state index in [0.29, 0.717) is 61.7 Å². The molecule has 7 rings (SSSR count). The van der Waals surface area contributed by atoms with Crippen molar-refractivity contribution in [2.45, 2.75) is 19.1 Å². The number of esters is 2. The highest BCUT2D eigenvalue weighted by Crippen LogP contribution is 2.60. The number of carbonyl (C=O) groups excluding carboxylic acids is 3. The van der Waals surface area contributed by atoms with Gasteiger partial charge >= 0.3 is 31.2 Å². The molecule has 0 spiro atoms. The quantitative estimate of drug-likeness (QED) is 0.0599. The fourth-order valence-electron chi connectivity index (χ4n) is 6.10. The molecule has 1 heterocycles. The molecular weight excluding hydrogens is 988 g/mol. The van der Waals surface area contributed by atoms with Gasteiger partial charge in [-0.05, 0) is 85.3 Å². The lowest BCUT2D eigenvalue weighted by atomic mass is 10.1. The Morgan fingerprint density at radius 2 is 1.35 bits per heavy atom. The highest BCUT2D eigenvalue weighted by Gasteiger charge is 2.51. The van der Waals surface area contributed by atoms with Gasteiger partial charge in [0, 0.05) is 26.9 Å². The molecule has 0 atom stereocenters. The predicted molar refractivity (Wildman–Crippen MR) is 246 cm³/mol. The molecule has 0 aliphatic rings. The second-order valence-corrected chi connectivity index (χ2v) is 17.2. The van der Waals surface area contributed by atoms with Gasteiger partial charge in [-0.2, -0.15) is 8.78 Å². The van der Waals surface area contributed by atoms with E-state index < -0.39 is 30.8 Å². The van der Waals surface area contributed by atoms with Crippen molar-refractivity contribution in [3.8, 4) is 34.3 Å². The Bertz CT molecular complexity index is 2970. The maximum absolute atomic E-state index is 14.4. The van der Waals surface area contributed by atoms with Gasteiger partial charge in [0.2, 0.25) is 0 Å². The monoisotopic (exact) mass is 1020 g/mol. The Morgan fingerprint density at radius 3 is 1.91 bits per heavy atom. The van der Waals surface area contributed by atoms with Crippen LogP contribution in [0, 0.1) is 0 Å². The van der Waals surface area contributed by atoms with Gasteiger partial charge in [0.25, 0.3) is 0 Å². The van der Waals surface area contributed by atoms with Crippen molar-refractivity contribution in [1.82, 2.24) is 4.98 Å². The topological polar surface area (TPSA) is 175 Å². The summed E-state index contributed by atoms with van der Waals surface area (Å²) in [6.45, 7) is 1.51. The number of ether oxygens (including phenoxy) is 4. The maximum atomic E-state index is 14.4. The van der Waals surface area contributed by atoms with E-state index in [0.717, 1.165) is 6.07 Å². The fraction of sp³-hybridized carbons (Fsp3) is 0.106. The zero-order valence-corrected chi connectivity index (χ0v) is 38.8. The van der Waals surface area contributed by atoms with E-state index in [2.05, 4.69) is 20.9 Å². The van der Waals surface area contributed by atoms with E-state index >= 15 is 0 Å². The number of rotatable bonds is 14. The first kappa shape index (κ1) is 49.1. The number of methoxy groups -OCH3 is 2. The van der Waals surface area contributed by atoms with E-state index in [1.54, 1.807) is 120 Å². The Labute approximate surface area is 394 Å². The van der Waals surface area contributed by atoms with Crippen molar-refractivity contribution in [1.29, 1.82) is 0 Å². The van der Waals surface area contributed by atoms with Crippen molar-refractivity contribution >= 4 is 76.2 Å². The molecule has 0 amide bonds. The van der Waals surface area contributed by atoms with Gasteiger partial charge in [-0.25, -0.2) is 14.6 Å². The molecule has 0 radical (unpaired) electrons. The number of hydrogen-bond acceptors (Lipinski definition) is 11. The third-order valence-corrected chi connectivity index (χ3v) is 11.8. The highest BCUT2D eigenvalue weighted by molar-refractivity contribution is 9.10. The molecule has 6 aromatic carbocycles. The van der Waals surface area contributed by atoms with Crippen molar-refractivity contribution in [2.75, 3.05) is 19.1 Å². The van der Waals surface area contributed by atoms with E-state index in [1.807, 2.05) is 0 Å². The van der Waals surface area contributed by atoms with Gasteiger partial charge in [0.15, 0.2) is 11.5 Å². The molecule has 19 heteroatoms. The number of oxazole rings is 1. The number of para-hydroxylation sites is 2. The van der Waals surface area contributed by atoms with Crippen LogP contribution >= 0.6 is 46.7 Å². The summed E-state index contributed by atoms with van der Waals surface area (Å²) in [5, 5.41) is 0.543. The minimum atomic E-state index is -5.78. The molecule has 0 unspecified atom stereocenters. The lowest BCUT2D eigenvalue weighted by Gasteiger charge is -2.23. The second kappa shape index (κ2) is 21.3. The Kier molecular flexibility index (Phi) is 15.8. The third kappa shape index (κ3) is 11.7. The second-order valence-electron chi connectivity index (χ2n) is 13.9. The molecule has 1 aromatic heterocycles. The lowest BCUT2D eigenvalue weighted by Crippen LogP contribution is -2.18. The summed E-state index contributed by atoms with van der Waals surface area (Å²) in [6.07, 6.45) is 1.49. The average Bonchev–Trinajstić information content (AvgIpc) is 3.79. The first-order valence-corrected chi connectivity index (χ1v) is 22.4. The summed E-state index contributed by atoms with van der Waals surface area (Å²) < 4.78 is 67.4.